The molecule has 1 fully saturated rings. The van der Waals surface area contributed by atoms with E-state index in [0.717, 1.165) is 17.1 Å². The number of aromatic nitrogens is 3. The van der Waals surface area contributed by atoms with Crippen LogP contribution in [0.3, 0.4) is 0 Å². The van der Waals surface area contributed by atoms with Gasteiger partial charge in [0.1, 0.15) is 15.6 Å². The molecule has 3 aromatic heterocycles. The van der Waals surface area contributed by atoms with Crippen LogP contribution in [0.2, 0.25) is 0 Å². The fourth-order valence-electron chi connectivity index (χ4n) is 2.53. The fraction of sp³-hybridized carbons (Fsp3) is 0.267. The Morgan fingerprint density at radius 3 is 2.81 bits per heavy atom. The summed E-state index contributed by atoms with van der Waals surface area (Å²) in [7, 11) is -3.59. The average molecular weight is 442 g/mol. The lowest BCUT2D eigenvalue weighted by molar-refractivity contribution is 0.102. The number of rotatable bonds is 5. The van der Waals surface area contributed by atoms with Gasteiger partial charge in [0, 0.05) is 41.7 Å². The highest BCUT2D eigenvalue weighted by molar-refractivity contribution is 7.99. The molecule has 0 atom stereocenters. The summed E-state index contributed by atoms with van der Waals surface area (Å²) in [6, 6.07) is 3.28. The van der Waals surface area contributed by atoms with Crippen LogP contribution in [0, 0.1) is 0 Å². The molecule has 1 saturated heterocycles. The van der Waals surface area contributed by atoms with Crippen molar-refractivity contribution < 1.29 is 13.2 Å². The lowest BCUT2D eigenvalue weighted by Gasteiger charge is -2.24. The Balaban J connectivity index is 1.47. The number of anilines is 1. The van der Waals surface area contributed by atoms with Gasteiger partial charge in [-0.05, 0) is 17.5 Å². The van der Waals surface area contributed by atoms with Crippen LogP contribution in [0.15, 0.2) is 34.0 Å². The van der Waals surface area contributed by atoms with E-state index >= 15 is 0 Å². The third-order valence-electron chi connectivity index (χ3n) is 3.92. The Bertz CT molecular complexity index is 1040. The number of sulfonamides is 1. The molecule has 142 valence electrons. The maximum Gasteiger partial charge on any atom is 0.273 e. The summed E-state index contributed by atoms with van der Waals surface area (Å²) < 4.78 is 26.8. The number of carbonyl (C=O) groups is 1. The molecule has 3 aromatic rings. The third-order valence-corrected chi connectivity index (χ3v) is 8.31. The number of thiophene rings is 1. The van der Waals surface area contributed by atoms with Crippen molar-refractivity contribution in [3.05, 3.63) is 34.8 Å². The molecule has 4 rings (SSSR count). The monoisotopic (exact) mass is 441 g/mol. The van der Waals surface area contributed by atoms with E-state index in [1.54, 1.807) is 23.1 Å². The Hall–Kier alpha value is -1.73. The highest BCUT2D eigenvalue weighted by atomic mass is 32.2. The Morgan fingerprint density at radius 1 is 1.26 bits per heavy atom. The van der Waals surface area contributed by atoms with Crippen LogP contribution in [0.4, 0.5) is 5.13 Å². The number of H-pyrrole nitrogens is 1. The van der Waals surface area contributed by atoms with Gasteiger partial charge < -0.3 is 4.98 Å². The molecule has 1 aliphatic heterocycles. The summed E-state index contributed by atoms with van der Waals surface area (Å²) in [4.78, 5) is 15.2. The van der Waals surface area contributed by atoms with Crippen LogP contribution in [-0.4, -0.2) is 58.4 Å². The van der Waals surface area contributed by atoms with Crippen molar-refractivity contribution in [2.45, 2.75) is 4.90 Å². The second-order valence-corrected chi connectivity index (χ2v) is 10.6. The van der Waals surface area contributed by atoms with Crippen molar-refractivity contribution in [2.75, 3.05) is 29.9 Å². The summed E-state index contributed by atoms with van der Waals surface area (Å²) in [6.45, 7) is 0.964. The number of thioether (sulfide) groups is 1. The van der Waals surface area contributed by atoms with E-state index in [2.05, 4.69) is 20.5 Å². The summed E-state index contributed by atoms with van der Waals surface area (Å²) >= 11 is 4.55. The number of hydrogen-bond donors (Lipinski definition) is 2. The quantitative estimate of drug-likeness (QED) is 0.630. The molecule has 0 spiro atoms. The lowest BCUT2D eigenvalue weighted by Crippen LogP contribution is -2.37. The summed E-state index contributed by atoms with van der Waals surface area (Å²) in [5, 5.41) is 15.6. The van der Waals surface area contributed by atoms with Crippen molar-refractivity contribution in [2.24, 2.45) is 0 Å². The normalized spacial score (nSPS) is 15.7. The third kappa shape index (κ3) is 3.94. The standard InChI is InChI=1S/C15H15N5O3S4/c21-13(17-15-19-18-14(26-15)10-1-4-25-9-10)12-7-11(8-16-12)27(22,23)20-2-5-24-6-3-20/h1,4,7-9,16H,2-3,5-6H2,(H,17,19,21). The highest BCUT2D eigenvalue weighted by Crippen LogP contribution is 2.28. The molecule has 0 aliphatic carbocycles. The SMILES string of the molecule is O=C(Nc1nnc(-c2ccsc2)s1)c1cc(S(=O)(=O)N2CCSCC2)c[nH]1. The smallest absolute Gasteiger partial charge is 0.273 e. The van der Waals surface area contributed by atoms with Gasteiger partial charge in [-0.25, -0.2) is 8.42 Å². The zero-order valence-corrected chi connectivity index (χ0v) is 17.2. The molecule has 1 amide bonds. The summed E-state index contributed by atoms with van der Waals surface area (Å²) in [5.41, 5.74) is 1.11. The molecule has 4 heterocycles. The van der Waals surface area contributed by atoms with E-state index in [1.165, 1.54) is 27.9 Å². The number of amides is 1. The predicted octanol–water partition coefficient (Wildman–Crippen LogP) is 2.58. The molecule has 0 bridgehead atoms. The van der Waals surface area contributed by atoms with Crippen molar-refractivity contribution in [3.63, 3.8) is 0 Å². The zero-order valence-electron chi connectivity index (χ0n) is 13.9. The zero-order chi connectivity index (χ0) is 18.9. The number of hydrogen-bond acceptors (Lipinski definition) is 8. The molecule has 12 heteroatoms. The first-order chi connectivity index (χ1) is 13.0. The molecular formula is C15H15N5O3S4. The van der Waals surface area contributed by atoms with Crippen LogP contribution in [-0.2, 0) is 10.0 Å². The van der Waals surface area contributed by atoms with Gasteiger partial charge >= 0.3 is 0 Å². The minimum absolute atomic E-state index is 0.0933. The van der Waals surface area contributed by atoms with Gasteiger partial charge in [0.2, 0.25) is 15.2 Å². The molecule has 0 saturated carbocycles. The van der Waals surface area contributed by atoms with Crippen molar-refractivity contribution >= 4 is 55.5 Å². The first-order valence-electron chi connectivity index (χ1n) is 7.98. The van der Waals surface area contributed by atoms with Gasteiger partial charge in [-0.3, -0.25) is 10.1 Å². The van der Waals surface area contributed by atoms with Crippen LogP contribution in [0.5, 0.6) is 0 Å². The molecule has 2 N–H and O–H groups in total. The molecule has 1 aliphatic rings. The summed E-state index contributed by atoms with van der Waals surface area (Å²) in [6.07, 6.45) is 1.35. The number of nitrogens with zero attached hydrogens (tertiary/aromatic N) is 3. The van der Waals surface area contributed by atoms with Gasteiger partial charge in [-0.15, -0.1) is 10.2 Å². The van der Waals surface area contributed by atoms with Crippen LogP contribution in [0.25, 0.3) is 10.6 Å². The van der Waals surface area contributed by atoms with Gasteiger partial charge in [0.25, 0.3) is 5.91 Å². The minimum Gasteiger partial charge on any atom is -0.356 e. The fourth-order valence-corrected chi connectivity index (χ4v) is 6.55. The number of aromatic amines is 1. The van der Waals surface area contributed by atoms with E-state index in [1.807, 2.05) is 16.8 Å². The Morgan fingerprint density at radius 2 is 2.07 bits per heavy atom. The molecular weight excluding hydrogens is 426 g/mol. The predicted molar refractivity (Wildman–Crippen MR) is 108 cm³/mol. The summed E-state index contributed by atoms with van der Waals surface area (Å²) in [5.74, 6) is 1.10. The van der Waals surface area contributed by atoms with Crippen LogP contribution < -0.4 is 5.32 Å². The van der Waals surface area contributed by atoms with Gasteiger partial charge in [0.05, 0.1) is 0 Å². The van der Waals surface area contributed by atoms with Crippen LogP contribution in [0.1, 0.15) is 10.5 Å². The van der Waals surface area contributed by atoms with Crippen molar-refractivity contribution in [3.8, 4) is 10.6 Å². The van der Waals surface area contributed by atoms with Crippen LogP contribution >= 0.6 is 34.4 Å². The Kier molecular flexibility index (Phi) is 5.32. The van der Waals surface area contributed by atoms with Crippen molar-refractivity contribution in [1.82, 2.24) is 19.5 Å². The second kappa shape index (κ2) is 7.72. The van der Waals surface area contributed by atoms with Gasteiger partial charge in [0.15, 0.2) is 0 Å². The molecule has 0 aromatic carbocycles. The van der Waals surface area contributed by atoms with E-state index in [9.17, 15) is 13.2 Å². The van der Waals surface area contributed by atoms with E-state index in [0.29, 0.717) is 23.2 Å². The van der Waals surface area contributed by atoms with E-state index in [4.69, 9.17) is 0 Å². The molecule has 8 nitrogen and oxygen atoms in total. The second-order valence-electron chi connectivity index (χ2n) is 5.64. The van der Waals surface area contributed by atoms with Gasteiger partial charge in [-0.2, -0.15) is 27.4 Å². The highest BCUT2D eigenvalue weighted by Gasteiger charge is 2.28. The molecule has 0 unspecified atom stereocenters. The number of carbonyl (C=O) groups excluding carboxylic acids is 1. The average Bonchev–Trinajstić information content (AvgIpc) is 3.42. The minimum atomic E-state index is -3.59. The van der Waals surface area contributed by atoms with Crippen molar-refractivity contribution in [1.29, 1.82) is 0 Å². The van der Waals surface area contributed by atoms with Gasteiger partial charge in [-0.1, -0.05) is 11.3 Å². The first kappa shape index (κ1) is 18.6. The maximum absolute atomic E-state index is 12.7. The largest absolute Gasteiger partial charge is 0.356 e. The first-order valence-corrected chi connectivity index (χ1v) is 12.3. The topological polar surface area (TPSA) is 108 Å². The molecule has 27 heavy (non-hydrogen) atoms. The maximum atomic E-state index is 12.7. The van der Waals surface area contributed by atoms with E-state index < -0.39 is 15.9 Å². The Labute approximate surface area is 168 Å². The number of nitrogens with one attached hydrogen (secondary N) is 2. The molecule has 0 radical (unpaired) electrons. The lowest BCUT2D eigenvalue weighted by atomic mass is 10.4. The van der Waals surface area contributed by atoms with E-state index in [-0.39, 0.29) is 10.6 Å².